The monoisotopic (exact) mass is 711 g/mol. The van der Waals surface area contributed by atoms with Crippen LogP contribution < -0.4 is 23.9 Å². The Hall–Kier alpha value is -4.34. The van der Waals surface area contributed by atoms with Crippen molar-refractivity contribution < 1.29 is 28.2 Å². The third-order valence-electron chi connectivity index (χ3n) is 7.97. The summed E-state index contributed by atoms with van der Waals surface area (Å²) in [5.41, 5.74) is 4.50. The van der Waals surface area contributed by atoms with Crippen molar-refractivity contribution in [3.8, 4) is 11.5 Å². The molecule has 1 N–H and O–H groups in total. The third kappa shape index (κ3) is 15.0. The number of carbonyl (C=O) groups excluding carboxylic acids is 2. The minimum Gasteiger partial charge on any atom is -0.497 e. The largest absolute Gasteiger partial charge is 0.497 e. The average Bonchev–Trinajstić information content (AvgIpc) is 3.15. The topological polar surface area (TPSA) is 72.4 Å². The number of hydrogen-bond donors (Lipinski definition) is 1. The maximum atomic E-state index is 12.3. The Morgan fingerprint density at radius 3 is 1.48 bits per heavy atom. The fraction of sp³-hybridized carbons (Fsp3) is 0.317. The summed E-state index contributed by atoms with van der Waals surface area (Å²) in [6.07, 6.45) is 20.9. The lowest BCUT2D eigenvalue weighted by Crippen LogP contribution is -2.34. The average molecular weight is 712 g/mol. The van der Waals surface area contributed by atoms with Crippen LogP contribution in [0.1, 0.15) is 60.8 Å². The lowest BCUT2D eigenvalue weighted by atomic mass is 10.1. The standard InChI is InChI=1S/C41H48N3O4S2/c1-47-39-17-13-34(14-18-39)9-11-36-21-28-43(29-22-36)26-3-6-38(45)7-5-32-49-50-33-25-42-41(46)8-4-27-44-30-23-37(24-31-44)12-10-35-15-19-40(48-2)20-16-35/h9-24,28-31H,3-8,25-27,32-33H2,1-2H3/q+1/p+1/b11-9+,12-10+. The molecule has 2 heterocycles. The molecule has 0 unspecified atom stereocenters. The number of carbonyl (C=O) groups is 2. The number of rotatable bonds is 22. The molecule has 2 aromatic carbocycles. The molecule has 262 valence electrons. The van der Waals surface area contributed by atoms with Gasteiger partial charge in [0.1, 0.15) is 30.4 Å². The lowest BCUT2D eigenvalue weighted by molar-refractivity contribution is -0.697. The lowest BCUT2D eigenvalue weighted by Gasteiger charge is -2.05. The quantitative estimate of drug-likeness (QED) is 0.0512. The summed E-state index contributed by atoms with van der Waals surface area (Å²) in [7, 11) is 6.87. The van der Waals surface area contributed by atoms with Crippen molar-refractivity contribution >= 4 is 57.6 Å². The zero-order chi connectivity index (χ0) is 35.2. The first-order chi connectivity index (χ1) is 24.5. The van der Waals surface area contributed by atoms with Gasteiger partial charge in [-0.15, -0.1) is 0 Å². The number of amides is 1. The number of methoxy groups -OCH3 is 2. The normalized spacial score (nSPS) is 11.2. The zero-order valence-corrected chi connectivity index (χ0v) is 30.8. The highest BCUT2D eigenvalue weighted by Crippen LogP contribution is 2.22. The van der Waals surface area contributed by atoms with Gasteiger partial charge < -0.3 is 14.8 Å². The van der Waals surface area contributed by atoms with E-state index < -0.39 is 0 Å². The smallest absolute Gasteiger partial charge is 0.220 e. The van der Waals surface area contributed by atoms with Crippen LogP contribution in [0.2, 0.25) is 0 Å². The van der Waals surface area contributed by atoms with Crippen LogP contribution in [0.3, 0.4) is 0 Å². The Labute approximate surface area is 305 Å². The highest BCUT2D eigenvalue weighted by molar-refractivity contribution is 8.76. The van der Waals surface area contributed by atoms with Gasteiger partial charge in [0.2, 0.25) is 5.91 Å². The molecule has 2 aromatic heterocycles. The van der Waals surface area contributed by atoms with Crippen LogP contribution in [0.5, 0.6) is 11.5 Å². The van der Waals surface area contributed by atoms with Crippen molar-refractivity contribution in [2.24, 2.45) is 0 Å². The van der Waals surface area contributed by atoms with Gasteiger partial charge in [-0.3, -0.25) is 9.59 Å². The van der Waals surface area contributed by atoms with Gasteiger partial charge in [-0.1, -0.05) is 70.2 Å². The molecule has 0 aliphatic carbocycles. The van der Waals surface area contributed by atoms with E-state index in [0.717, 1.165) is 77.6 Å². The minimum absolute atomic E-state index is 0.0940. The van der Waals surface area contributed by atoms with E-state index in [4.69, 9.17) is 9.47 Å². The van der Waals surface area contributed by atoms with Gasteiger partial charge >= 0.3 is 0 Å². The predicted molar refractivity (Wildman–Crippen MR) is 208 cm³/mol. The molecule has 0 saturated carbocycles. The van der Waals surface area contributed by atoms with E-state index in [0.29, 0.717) is 31.6 Å². The Balaban J connectivity index is 0.960. The van der Waals surface area contributed by atoms with Crippen LogP contribution in [-0.2, 0) is 22.7 Å². The van der Waals surface area contributed by atoms with Gasteiger partial charge in [-0.2, -0.15) is 0 Å². The van der Waals surface area contributed by atoms with Gasteiger partial charge in [-0.05, 0) is 52.9 Å². The predicted octanol–water partition coefficient (Wildman–Crippen LogP) is 7.73. The molecule has 0 aliphatic rings. The molecular weight excluding hydrogens is 663 g/mol. The van der Waals surface area contributed by atoms with Crippen LogP contribution in [0.25, 0.3) is 24.3 Å². The zero-order valence-electron chi connectivity index (χ0n) is 29.2. The van der Waals surface area contributed by atoms with Gasteiger partial charge in [-0.25, -0.2) is 9.13 Å². The van der Waals surface area contributed by atoms with Crippen molar-refractivity contribution in [3.05, 3.63) is 120 Å². The molecule has 0 bridgehead atoms. The van der Waals surface area contributed by atoms with E-state index in [1.54, 1.807) is 35.8 Å². The molecule has 4 rings (SSSR count). The number of pyridine rings is 2. The van der Waals surface area contributed by atoms with Crippen molar-refractivity contribution in [1.82, 2.24) is 5.32 Å². The van der Waals surface area contributed by atoms with Gasteiger partial charge in [0.25, 0.3) is 0 Å². The number of aryl methyl sites for hydroxylation is 2. The number of aromatic nitrogens is 2. The summed E-state index contributed by atoms with van der Waals surface area (Å²) < 4.78 is 14.7. The van der Waals surface area contributed by atoms with Crippen LogP contribution in [-0.4, -0.2) is 44.0 Å². The molecule has 0 aliphatic heterocycles. The molecule has 50 heavy (non-hydrogen) atoms. The second kappa shape index (κ2) is 22.4. The van der Waals surface area contributed by atoms with Gasteiger partial charge in [0, 0.05) is 74.4 Å². The number of hydrogen-bond acceptors (Lipinski definition) is 6. The Kier molecular flexibility index (Phi) is 17.2. The van der Waals surface area contributed by atoms with Crippen molar-refractivity contribution in [1.29, 1.82) is 0 Å². The van der Waals surface area contributed by atoms with E-state index >= 15 is 0 Å². The molecule has 0 atom stereocenters. The number of ketones is 1. The Morgan fingerprint density at radius 2 is 1.00 bits per heavy atom. The van der Waals surface area contributed by atoms with Crippen molar-refractivity contribution in [3.63, 3.8) is 0 Å². The maximum Gasteiger partial charge on any atom is 0.220 e. The van der Waals surface area contributed by atoms with E-state index in [-0.39, 0.29) is 5.91 Å². The fourth-order valence-electron chi connectivity index (χ4n) is 5.05. The summed E-state index contributed by atoms with van der Waals surface area (Å²) in [5.74, 6) is 3.93. The summed E-state index contributed by atoms with van der Waals surface area (Å²) >= 11 is 0. The molecule has 7 nitrogen and oxygen atoms in total. The van der Waals surface area contributed by atoms with Crippen molar-refractivity contribution in [2.75, 3.05) is 32.3 Å². The first-order valence-electron chi connectivity index (χ1n) is 17.2. The van der Waals surface area contributed by atoms with Crippen LogP contribution >= 0.6 is 21.6 Å². The third-order valence-corrected chi connectivity index (χ3v) is 10.5. The van der Waals surface area contributed by atoms with E-state index in [2.05, 4.69) is 87.8 Å². The van der Waals surface area contributed by atoms with E-state index in [1.807, 2.05) is 48.5 Å². The first-order valence-corrected chi connectivity index (χ1v) is 19.6. The van der Waals surface area contributed by atoms with Crippen LogP contribution in [0.4, 0.5) is 0 Å². The molecule has 1 amide bonds. The van der Waals surface area contributed by atoms with Crippen molar-refractivity contribution in [2.45, 2.75) is 51.6 Å². The van der Waals surface area contributed by atoms with E-state index in [1.165, 1.54) is 0 Å². The first kappa shape index (κ1) is 38.5. The molecule has 0 spiro atoms. The van der Waals surface area contributed by atoms with Crippen LogP contribution in [0.15, 0.2) is 97.6 Å². The Bertz CT molecular complexity index is 1510. The molecular formula is C41H49N3O4S2+2. The molecule has 4 aromatic rings. The fourth-order valence-corrected chi connectivity index (χ4v) is 7.04. The second-order valence-electron chi connectivity index (χ2n) is 11.8. The number of ether oxygens (including phenoxy) is 2. The molecule has 9 heteroatoms. The molecule has 0 radical (unpaired) electrons. The number of nitrogens with zero attached hydrogens (tertiary/aromatic N) is 2. The summed E-state index contributed by atoms with van der Waals surface area (Å²) in [6.45, 7) is 2.30. The highest BCUT2D eigenvalue weighted by atomic mass is 33.1. The summed E-state index contributed by atoms with van der Waals surface area (Å²) in [6, 6.07) is 24.3. The minimum atomic E-state index is 0.0940. The van der Waals surface area contributed by atoms with E-state index in [9.17, 15) is 9.59 Å². The number of benzene rings is 2. The van der Waals surface area contributed by atoms with Gasteiger partial charge in [0.05, 0.1) is 14.2 Å². The summed E-state index contributed by atoms with van der Waals surface area (Å²) in [4.78, 5) is 24.6. The SMILES string of the molecule is COc1ccc(/C=C/c2cc[n+](CCCC(=O)CCCSSCCNC(=O)CCC[n+]3ccc(/C=C/c4ccc(OC)cc4)cc3)cc2)cc1. The molecule has 0 saturated heterocycles. The Morgan fingerprint density at radius 1 is 0.580 bits per heavy atom. The van der Waals surface area contributed by atoms with Crippen LogP contribution in [0, 0.1) is 0 Å². The maximum absolute atomic E-state index is 12.3. The van der Waals surface area contributed by atoms with Gasteiger partial charge in [0.15, 0.2) is 24.8 Å². The number of nitrogens with one attached hydrogen (secondary N) is 1. The number of Topliss-reactive ketones (excluding diaryl/α,β-unsaturated/α-hetero) is 1. The summed E-state index contributed by atoms with van der Waals surface area (Å²) in [5, 5.41) is 3.02. The highest BCUT2D eigenvalue weighted by Gasteiger charge is 2.07. The molecule has 0 fully saturated rings. The second-order valence-corrected chi connectivity index (χ2v) is 14.5.